The molecular weight excluding hydrogens is 440 g/mol. The number of aliphatic imine (C=N–C) groups is 2. The maximum Gasteiger partial charge on any atom is 0.222 e. The molecule has 0 saturated carbocycles. The van der Waals surface area contributed by atoms with Crippen LogP contribution in [-0.2, 0) is 4.74 Å². The third kappa shape index (κ3) is 4.74. The fraction of sp³-hybridized carbons (Fsp3) is 0.391. The predicted molar refractivity (Wildman–Crippen MR) is 130 cm³/mol. The van der Waals surface area contributed by atoms with Crippen LogP contribution in [0.5, 0.6) is 23.0 Å². The number of nitrogens with two attached hydrogens (primary N) is 1. The third-order valence-corrected chi connectivity index (χ3v) is 5.56. The fourth-order valence-corrected chi connectivity index (χ4v) is 3.84. The molecule has 1 atom stereocenters. The van der Waals surface area contributed by atoms with Gasteiger partial charge in [0, 0.05) is 25.2 Å². The number of anilines is 2. The first-order valence-corrected chi connectivity index (χ1v) is 10.8. The van der Waals surface area contributed by atoms with Crippen molar-refractivity contribution in [3.05, 3.63) is 36.4 Å². The zero-order valence-electron chi connectivity index (χ0n) is 19.8. The molecule has 2 heterocycles. The van der Waals surface area contributed by atoms with Gasteiger partial charge in [-0.1, -0.05) is 0 Å². The summed E-state index contributed by atoms with van der Waals surface area (Å²) in [6.45, 7) is 2.52. The molecule has 2 aromatic rings. The molecule has 2 aromatic carbocycles. The van der Waals surface area contributed by atoms with E-state index in [4.69, 9.17) is 29.4 Å². The van der Waals surface area contributed by atoms with Crippen LogP contribution in [0.1, 0.15) is 0 Å². The van der Waals surface area contributed by atoms with Crippen LogP contribution in [0.2, 0.25) is 0 Å². The van der Waals surface area contributed by atoms with Crippen molar-refractivity contribution in [1.82, 2.24) is 4.90 Å². The summed E-state index contributed by atoms with van der Waals surface area (Å²) in [4.78, 5) is 13.3. The van der Waals surface area contributed by atoms with E-state index < -0.39 is 6.29 Å². The minimum absolute atomic E-state index is 0.162. The molecular formula is C23H30N6O5. The summed E-state index contributed by atoms with van der Waals surface area (Å²) in [6, 6.07) is 11.1. The number of methoxy groups -OCH3 is 4. The van der Waals surface area contributed by atoms with Gasteiger partial charge in [0.25, 0.3) is 0 Å². The van der Waals surface area contributed by atoms with Gasteiger partial charge in [0.15, 0.2) is 0 Å². The Morgan fingerprint density at radius 2 is 1.56 bits per heavy atom. The zero-order chi connectivity index (χ0) is 24.1. The lowest BCUT2D eigenvalue weighted by molar-refractivity contribution is 0.0671. The second-order valence-electron chi connectivity index (χ2n) is 7.49. The quantitative estimate of drug-likeness (QED) is 0.626. The van der Waals surface area contributed by atoms with E-state index in [0.29, 0.717) is 60.9 Å². The highest BCUT2D eigenvalue weighted by molar-refractivity contribution is 6.06. The number of rotatable bonds is 7. The Labute approximate surface area is 198 Å². The molecule has 1 unspecified atom stereocenters. The third-order valence-electron chi connectivity index (χ3n) is 5.56. The summed E-state index contributed by atoms with van der Waals surface area (Å²) in [5, 5.41) is 3.43. The monoisotopic (exact) mass is 470 g/mol. The summed E-state index contributed by atoms with van der Waals surface area (Å²) in [6.07, 6.45) is -0.639. The van der Waals surface area contributed by atoms with E-state index >= 15 is 0 Å². The number of nitrogens with one attached hydrogen (secondary N) is 1. The Bertz CT molecular complexity index is 1070. The average molecular weight is 471 g/mol. The van der Waals surface area contributed by atoms with Crippen LogP contribution in [0.15, 0.2) is 46.4 Å². The second-order valence-corrected chi connectivity index (χ2v) is 7.49. The van der Waals surface area contributed by atoms with Gasteiger partial charge in [-0.3, -0.25) is 4.90 Å². The number of morpholine rings is 1. The molecule has 4 rings (SSSR count). The van der Waals surface area contributed by atoms with Gasteiger partial charge in [0.2, 0.25) is 18.2 Å². The normalized spacial score (nSPS) is 18.1. The Kier molecular flexibility index (Phi) is 7.12. The standard InChI is InChI=1S/C23H30N6O5/c1-30-15-5-7-17(19(13-15)32-3)25-22-26-21(24)27-23(28-9-11-34-12-10-28)29(22)18-8-6-16(31-2)14-20(18)33-4/h5-8,13-14,22,25H,9-12H2,1-4H3,(H2,24,26). The van der Waals surface area contributed by atoms with Crippen molar-refractivity contribution in [3.63, 3.8) is 0 Å². The van der Waals surface area contributed by atoms with Crippen molar-refractivity contribution in [2.24, 2.45) is 15.7 Å². The first kappa shape index (κ1) is 23.3. The fourth-order valence-electron chi connectivity index (χ4n) is 3.84. The number of ether oxygens (including phenoxy) is 5. The van der Waals surface area contributed by atoms with Gasteiger partial charge in [-0.05, 0) is 24.3 Å². The number of hydrogen-bond acceptors (Lipinski definition) is 11. The minimum atomic E-state index is -0.639. The highest BCUT2D eigenvalue weighted by Crippen LogP contribution is 2.37. The van der Waals surface area contributed by atoms with Crippen molar-refractivity contribution < 1.29 is 23.7 Å². The summed E-state index contributed by atoms with van der Waals surface area (Å²) >= 11 is 0. The molecule has 11 nitrogen and oxygen atoms in total. The van der Waals surface area contributed by atoms with Crippen molar-refractivity contribution in [2.45, 2.75) is 6.29 Å². The molecule has 0 amide bonds. The second kappa shape index (κ2) is 10.4. The predicted octanol–water partition coefficient (Wildman–Crippen LogP) is 1.94. The highest BCUT2D eigenvalue weighted by Gasteiger charge is 2.34. The van der Waals surface area contributed by atoms with Gasteiger partial charge in [0.1, 0.15) is 23.0 Å². The number of benzene rings is 2. The number of nitrogens with zero attached hydrogens (tertiary/aromatic N) is 4. The maximum atomic E-state index is 6.18. The Hall–Kier alpha value is -3.86. The van der Waals surface area contributed by atoms with Crippen LogP contribution >= 0.6 is 0 Å². The molecule has 1 fully saturated rings. The van der Waals surface area contributed by atoms with Crippen LogP contribution in [-0.4, -0.2) is 77.9 Å². The van der Waals surface area contributed by atoms with E-state index in [1.807, 2.05) is 35.2 Å². The van der Waals surface area contributed by atoms with Crippen LogP contribution in [0.25, 0.3) is 0 Å². The van der Waals surface area contributed by atoms with Gasteiger partial charge < -0.3 is 39.6 Å². The summed E-state index contributed by atoms with van der Waals surface area (Å²) in [7, 11) is 6.43. The molecule has 2 aliphatic rings. The molecule has 1 saturated heterocycles. The largest absolute Gasteiger partial charge is 0.497 e. The smallest absolute Gasteiger partial charge is 0.222 e. The molecule has 0 radical (unpaired) electrons. The van der Waals surface area contributed by atoms with E-state index in [9.17, 15) is 0 Å². The van der Waals surface area contributed by atoms with Crippen molar-refractivity contribution in [2.75, 3.05) is 65.0 Å². The molecule has 0 bridgehead atoms. The SMILES string of the molecule is COc1ccc(NC2N=C(N)N=C(N3CCOCC3)N2c2ccc(OC)cc2OC)c(OC)c1. The molecule has 0 aliphatic carbocycles. The van der Waals surface area contributed by atoms with E-state index in [-0.39, 0.29) is 5.96 Å². The average Bonchev–Trinajstić information content (AvgIpc) is 2.88. The molecule has 182 valence electrons. The molecule has 11 heteroatoms. The lowest BCUT2D eigenvalue weighted by Crippen LogP contribution is -2.57. The summed E-state index contributed by atoms with van der Waals surface area (Å²) in [5.74, 6) is 3.36. The summed E-state index contributed by atoms with van der Waals surface area (Å²) in [5.41, 5.74) is 7.64. The van der Waals surface area contributed by atoms with Crippen LogP contribution in [0.3, 0.4) is 0 Å². The Morgan fingerprint density at radius 3 is 2.21 bits per heavy atom. The number of hydrogen-bond donors (Lipinski definition) is 2. The van der Waals surface area contributed by atoms with Gasteiger partial charge in [0.05, 0.1) is 53.0 Å². The van der Waals surface area contributed by atoms with Crippen LogP contribution < -0.4 is 34.9 Å². The molecule has 34 heavy (non-hydrogen) atoms. The molecule has 3 N–H and O–H groups in total. The van der Waals surface area contributed by atoms with E-state index in [1.165, 1.54) is 0 Å². The maximum absolute atomic E-state index is 6.18. The van der Waals surface area contributed by atoms with Gasteiger partial charge in [-0.15, -0.1) is 0 Å². The van der Waals surface area contributed by atoms with Gasteiger partial charge >= 0.3 is 0 Å². The molecule has 2 aliphatic heterocycles. The van der Waals surface area contributed by atoms with Gasteiger partial charge in [-0.2, -0.15) is 4.99 Å². The van der Waals surface area contributed by atoms with Gasteiger partial charge in [-0.25, -0.2) is 4.99 Å². The first-order chi connectivity index (χ1) is 16.6. The minimum Gasteiger partial charge on any atom is -0.497 e. The van der Waals surface area contributed by atoms with E-state index in [1.54, 1.807) is 34.5 Å². The van der Waals surface area contributed by atoms with E-state index in [0.717, 1.165) is 5.69 Å². The van der Waals surface area contributed by atoms with E-state index in [2.05, 4.69) is 20.2 Å². The highest BCUT2D eigenvalue weighted by atomic mass is 16.5. The molecule has 0 spiro atoms. The van der Waals surface area contributed by atoms with Crippen LogP contribution in [0.4, 0.5) is 11.4 Å². The topological polar surface area (TPSA) is 115 Å². The lowest BCUT2D eigenvalue weighted by Gasteiger charge is -2.41. The van der Waals surface area contributed by atoms with Crippen molar-refractivity contribution in [3.8, 4) is 23.0 Å². The first-order valence-electron chi connectivity index (χ1n) is 10.8. The lowest BCUT2D eigenvalue weighted by atomic mass is 10.2. The van der Waals surface area contributed by atoms with Crippen molar-refractivity contribution in [1.29, 1.82) is 0 Å². The van der Waals surface area contributed by atoms with Crippen molar-refractivity contribution >= 4 is 23.3 Å². The summed E-state index contributed by atoms with van der Waals surface area (Å²) < 4.78 is 27.5. The Morgan fingerprint density at radius 1 is 0.912 bits per heavy atom. The van der Waals surface area contributed by atoms with Crippen LogP contribution in [0, 0.1) is 0 Å². The number of guanidine groups is 2. The zero-order valence-corrected chi connectivity index (χ0v) is 19.8. The molecule has 0 aromatic heterocycles. The Balaban J connectivity index is 1.79.